The number of nitrogens with one attached hydrogen (secondary N) is 1. The maximum Gasteiger partial charge on any atom is 0.272 e. The van der Waals surface area contributed by atoms with Gasteiger partial charge in [0.2, 0.25) is 0 Å². The molecule has 0 fully saturated rings. The Morgan fingerprint density at radius 2 is 2.08 bits per heavy atom. The highest BCUT2D eigenvalue weighted by molar-refractivity contribution is 7.17. The van der Waals surface area contributed by atoms with Crippen molar-refractivity contribution in [2.75, 3.05) is 5.32 Å². The van der Waals surface area contributed by atoms with Crippen molar-refractivity contribution in [1.82, 2.24) is 14.3 Å². The zero-order valence-electron chi connectivity index (χ0n) is 14.6. The van der Waals surface area contributed by atoms with Crippen LogP contribution in [0.15, 0.2) is 60.2 Å². The highest BCUT2D eigenvalue weighted by Crippen LogP contribution is 2.26. The number of hydrogen-bond acceptors (Lipinski definition) is 3. The molecule has 3 aromatic heterocycles. The van der Waals surface area contributed by atoms with E-state index >= 15 is 0 Å². The quantitative estimate of drug-likeness (QED) is 0.551. The van der Waals surface area contributed by atoms with Gasteiger partial charge in [0.1, 0.15) is 5.69 Å². The van der Waals surface area contributed by atoms with Gasteiger partial charge in [-0.15, -0.1) is 11.3 Å². The van der Waals surface area contributed by atoms with Gasteiger partial charge >= 0.3 is 0 Å². The number of carbonyl (C=O) groups excluding carboxylic acids is 1. The largest absolute Gasteiger partial charge is 0.335 e. The van der Waals surface area contributed by atoms with Gasteiger partial charge in [-0.05, 0) is 36.4 Å². The molecule has 1 amide bonds. The molecule has 1 aromatic carbocycles. The summed E-state index contributed by atoms with van der Waals surface area (Å²) in [5, 5.41) is 9.24. The summed E-state index contributed by atoms with van der Waals surface area (Å²) in [7, 11) is 0. The Bertz CT molecular complexity index is 1030. The predicted molar refractivity (Wildman–Crippen MR) is 106 cm³/mol. The fraction of sp³-hybridized carbons (Fsp3) is 0.200. The molecule has 0 spiro atoms. The van der Waals surface area contributed by atoms with Gasteiger partial charge < -0.3 is 9.88 Å². The summed E-state index contributed by atoms with van der Waals surface area (Å²) in [6, 6.07) is 14.4. The Labute approximate surface area is 155 Å². The van der Waals surface area contributed by atoms with Gasteiger partial charge in [0.25, 0.3) is 5.91 Å². The second kappa shape index (κ2) is 7.17. The van der Waals surface area contributed by atoms with Crippen molar-refractivity contribution >= 4 is 33.1 Å². The topological polar surface area (TPSA) is 51.9 Å². The SMILES string of the molecule is CCn1cc(NC(=O)c2cc3sccc3n2CCc2ccccc2)cn1. The Balaban J connectivity index is 1.59. The van der Waals surface area contributed by atoms with Gasteiger partial charge in [-0.2, -0.15) is 5.10 Å². The molecule has 0 unspecified atom stereocenters. The number of amides is 1. The number of fused-ring (bicyclic) bond motifs is 1. The minimum absolute atomic E-state index is 0.0999. The predicted octanol–water partition coefficient (Wildman–Crippen LogP) is 4.41. The van der Waals surface area contributed by atoms with E-state index in [1.807, 2.05) is 37.4 Å². The Morgan fingerprint density at radius 1 is 1.23 bits per heavy atom. The molecule has 5 nitrogen and oxygen atoms in total. The van der Waals surface area contributed by atoms with Gasteiger partial charge in [-0.1, -0.05) is 30.3 Å². The first-order chi connectivity index (χ1) is 12.7. The van der Waals surface area contributed by atoms with Crippen molar-refractivity contribution in [3.63, 3.8) is 0 Å². The third kappa shape index (κ3) is 3.28. The molecule has 4 rings (SSSR count). The van der Waals surface area contributed by atoms with Crippen molar-refractivity contribution in [3.8, 4) is 0 Å². The number of thiophene rings is 1. The molecule has 0 saturated carbocycles. The summed E-state index contributed by atoms with van der Waals surface area (Å²) in [6.45, 7) is 3.56. The van der Waals surface area contributed by atoms with E-state index in [2.05, 4.69) is 38.6 Å². The summed E-state index contributed by atoms with van der Waals surface area (Å²) in [6.07, 6.45) is 4.41. The highest BCUT2D eigenvalue weighted by Gasteiger charge is 2.17. The number of benzene rings is 1. The fourth-order valence-corrected chi connectivity index (χ4v) is 3.91. The van der Waals surface area contributed by atoms with Crippen molar-refractivity contribution < 1.29 is 4.79 Å². The number of aromatic nitrogens is 3. The average molecular weight is 364 g/mol. The molecule has 26 heavy (non-hydrogen) atoms. The molecule has 0 atom stereocenters. The van der Waals surface area contributed by atoms with Crippen LogP contribution in [0.3, 0.4) is 0 Å². The summed E-state index contributed by atoms with van der Waals surface area (Å²) in [5.74, 6) is -0.0999. The Hall–Kier alpha value is -2.86. The van der Waals surface area contributed by atoms with Crippen molar-refractivity contribution in [2.24, 2.45) is 0 Å². The summed E-state index contributed by atoms with van der Waals surface area (Å²) >= 11 is 1.66. The van der Waals surface area contributed by atoms with Crippen LogP contribution >= 0.6 is 11.3 Å². The second-order valence-corrected chi connectivity index (χ2v) is 7.07. The summed E-state index contributed by atoms with van der Waals surface area (Å²) in [4.78, 5) is 12.8. The number of carbonyl (C=O) groups is 1. The first kappa shape index (κ1) is 16.6. The number of anilines is 1. The normalized spacial score (nSPS) is 11.1. The highest BCUT2D eigenvalue weighted by atomic mass is 32.1. The molecule has 0 bridgehead atoms. The van der Waals surface area contributed by atoms with Crippen LogP contribution in [0.1, 0.15) is 23.0 Å². The minimum atomic E-state index is -0.0999. The molecule has 6 heteroatoms. The first-order valence-electron chi connectivity index (χ1n) is 8.69. The zero-order chi connectivity index (χ0) is 17.9. The third-order valence-electron chi connectivity index (χ3n) is 4.44. The van der Waals surface area contributed by atoms with Gasteiger partial charge in [0.05, 0.1) is 22.1 Å². The third-order valence-corrected chi connectivity index (χ3v) is 5.29. The number of aryl methyl sites for hydroxylation is 3. The van der Waals surface area contributed by atoms with E-state index in [1.54, 1.807) is 22.2 Å². The molecule has 0 aliphatic rings. The fourth-order valence-electron chi connectivity index (χ4n) is 3.09. The molecule has 3 heterocycles. The lowest BCUT2D eigenvalue weighted by Gasteiger charge is -2.10. The van der Waals surface area contributed by atoms with Gasteiger partial charge in [0, 0.05) is 19.3 Å². The smallest absolute Gasteiger partial charge is 0.272 e. The lowest BCUT2D eigenvalue weighted by atomic mass is 10.1. The monoisotopic (exact) mass is 364 g/mol. The number of hydrogen-bond donors (Lipinski definition) is 1. The lowest BCUT2D eigenvalue weighted by Crippen LogP contribution is -2.17. The molecular weight excluding hydrogens is 344 g/mol. The van der Waals surface area contributed by atoms with E-state index in [-0.39, 0.29) is 5.91 Å². The Morgan fingerprint density at radius 3 is 2.85 bits per heavy atom. The second-order valence-electron chi connectivity index (χ2n) is 6.13. The van der Waals surface area contributed by atoms with Crippen LogP contribution < -0.4 is 5.32 Å². The molecule has 0 saturated heterocycles. The molecular formula is C20H20N4OS. The zero-order valence-corrected chi connectivity index (χ0v) is 15.4. The van der Waals surface area contributed by atoms with E-state index in [0.717, 1.165) is 35.4 Å². The lowest BCUT2D eigenvalue weighted by molar-refractivity contribution is 0.101. The van der Waals surface area contributed by atoms with Crippen molar-refractivity contribution in [1.29, 1.82) is 0 Å². The van der Waals surface area contributed by atoms with E-state index in [9.17, 15) is 4.79 Å². The van der Waals surface area contributed by atoms with Gasteiger partial charge in [-0.3, -0.25) is 9.48 Å². The van der Waals surface area contributed by atoms with E-state index in [4.69, 9.17) is 0 Å². The molecule has 1 N–H and O–H groups in total. The van der Waals surface area contributed by atoms with E-state index in [0.29, 0.717) is 5.69 Å². The van der Waals surface area contributed by atoms with Crippen LogP contribution in [0, 0.1) is 0 Å². The van der Waals surface area contributed by atoms with Crippen LogP contribution in [0.5, 0.6) is 0 Å². The summed E-state index contributed by atoms with van der Waals surface area (Å²) in [5.41, 5.74) is 3.78. The first-order valence-corrected chi connectivity index (χ1v) is 9.57. The van der Waals surface area contributed by atoms with Gasteiger partial charge in [-0.25, -0.2) is 0 Å². The van der Waals surface area contributed by atoms with Crippen LogP contribution in [-0.4, -0.2) is 20.3 Å². The average Bonchev–Trinajstić information content (AvgIpc) is 3.37. The van der Waals surface area contributed by atoms with Crippen LogP contribution in [0.25, 0.3) is 10.2 Å². The maximum atomic E-state index is 12.8. The van der Waals surface area contributed by atoms with Crippen molar-refractivity contribution in [2.45, 2.75) is 26.4 Å². The molecule has 132 valence electrons. The minimum Gasteiger partial charge on any atom is -0.335 e. The summed E-state index contributed by atoms with van der Waals surface area (Å²) < 4.78 is 5.04. The van der Waals surface area contributed by atoms with Crippen molar-refractivity contribution in [3.05, 3.63) is 71.5 Å². The standard InChI is InChI=1S/C20H20N4OS/c1-2-23-14-16(13-21-23)22-20(25)18-12-19-17(9-11-26-19)24(18)10-8-15-6-4-3-5-7-15/h3-7,9,11-14H,2,8,10H2,1H3,(H,22,25). The van der Waals surface area contributed by atoms with Crippen LogP contribution in [0.4, 0.5) is 5.69 Å². The number of rotatable bonds is 6. The van der Waals surface area contributed by atoms with Crippen LogP contribution in [-0.2, 0) is 19.5 Å². The van der Waals surface area contributed by atoms with Gasteiger partial charge in [0.15, 0.2) is 0 Å². The molecule has 0 aliphatic heterocycles. The van der Waals surface area contributed by atoms with E-state index < -0.39 is 0 Å². The molecule has 0 aliphatic carbocycles. The molecule has 4 aromatic rings. The van der Waals surface area contributed by atoms with Crippen LogP contribution in [0.2, 0.25) is 0 Å². The van der Waals surface area contributed by atoms with E-state index in [1.165, 1.54) is 5.56 Å². The maximum absolute atomic E-state index is 12.8. The number of nitrogens with zero attached hydrogens (tertiary/aromatic N) is 3. The Kier molecular flexibility index (Phi) is 4.58. The molecule has 0 radical (unpaired) electrons.